The Morgan fingerprint density at radius 2 is 1.81 bits per heavy atom. The maximum absolute atomic E-state index is 12.8. The zero-order valence-corrected chi connectivity index (χ0v) is 17.2. The number of aliphatic carboxylic acids is 1. The van der Waals surface area contributed by atoms with Crippen LogP contribution in [0.3, 0.4) is 0 Å². The van der Waals surface area contributed by atoms with Crippen molar-refractivity contribution in [1.29, 1.82) is 0 Å². The van der Waals surface area contributed by atoms with Crippen LogP contribution in [0.25, 0.3) is 21.8 Å². The van der Waals surface area contributed by atoms with Crippen LogP contribution in [0, 0.1) is 0 Å². The first kappa shape index (κ1) is 21.5. The van der Waals surface area contributed by atoms with Crippen LogP contribution in [0.4, 0.5) is 0 Å². The van der Waals surface area contributed by atoms with Crippen LogP contribution in [0.5, 0.6) is 0 Å². The zero-order valence-electron chi connectivity index (χ0n) is 17.2. The van der Waals surface area contributed by atoms with Crippen molar-refractivity contribution in [3.63, 3.8) is 0 Å². The van der Waals surface area contributed by atoms with E-state index in [0.717, 1.165) is 27.4 Å². The van der Waals surface area contributed by atoms with Crippen LogP contribution >= 0.6 is 0 Å². The molecule has 2 aromatic heterocycles. The van der Waals surface area contributed by atoms with Gasteiger partial charge in [-0.05, 0) is 17.7 Å². The number of aromatic amines is 1. The lowest BCUT2D eigenvalue weighted by Gasteiger charge is -2.12. The number of ether oxygens (including phenoxy) is 1. The van der Waals surface area contributed by atoms with Gasteiger partial charge < -0.3 is 25.3 Å². The fourth-order valence-electron chi connectivity index (χ4n) is 3.59. The van der Waals surface area contributed by atoms with Gasteiger partial charge in [-0.3, -0.25) is 4.79 Å². The SMILES string of the molecule is O=C(OCc1ccccc1)c1cc2c([nH]c3ccccc32)c(CCN[C@H](CO)C(=O)O)n1. The van der Waals surface area contributed by atoms with Gasteiger partial charge in [0.25, 0.3) is 0 Å². The van der Waals surface area contributed by atoms with Gasteiger partial charge in [-0.15, -0.1) is 0 Å². The van der Waals surface area contributed by atoms with Crippen LogP contribution in [-0.2, 0) is 22.6 Å². The number of aromatic nitrogens is 2. The molecule has 0 unspecified atom stereocenters. The molecule has 4 aromatic rings. The Morgan fingerprint density at radius 3 is 2.56 bits per heavy atom. The Bertz CT molecular complexity index is 1250. The molecule has 0 spiro atoms. The van der Waals surface area contributed by atoms with E-state index in [9.17, 15) is 14.7 Å². The summed E-state index contributed by atoms with van der Waals surface area (Å²) in [6.07, 6.45) is 0.354. The number of pyridine rings is 1. The third-order valence-corrected chi connectivity index (χ3v) is 5.23. The van der Waals surface area contributed by atoms with E-state index in [1.165, 1.54) is 0 Å². The Morgan fingerprint density at radius 1 is 1.06 bits per heavy atom. The van der Waals surface area contributed by atoms with Gasteiger partial charge in [0.2, 0.25) is 0 Å². The topological polar surface area (TPSA) is 125 Å². The Hall–Kier alpha value is -3.75. The number of carbonyl (C=O) groups is 2. The number of nitrogens with zero attached hydrogens (tertiary/aromatic N) is 1. The van der Waals surface area contributed by atoms with Gasteiger partial charge in [0.1, 0.15) is 18.3 Å². The normalized spacial score (nSPS) is 12.2. The molecule has 0 bridgehead atoms. The van der Waals surface area contributed by atoms with E-state index in [-0.39, 0.29) is 18.8 Å². The molecule has 0 saturated carbocycles. The number of benzene rings is 2. The summed E-state index contributed by atoms with van der Waals surface area (Å²) in [5, 5.41) is 22.9. The summed E-state index contributed by atoms with van der Waals surface area (Å²) in [6, 6.07) is 17.8. The number of rotatable bonds is 9. The molecule has 0 aliphatic carbocycles. The zero-order chi connectivity index (χ0) is 22.5. The second-order valence-electron chi connectivity index (χ2n) is 7.39. The predicted molar refractivity (Wildman–Crippen MR) is 119 cm³/mol. The number of carbonyl (C=O) groups excluding carboxylic acids is 1. The molecule has 4 rings (SSSR count). The van der Waals surface area contributed by atoms with Crippen molar-refractivity contribution in [2.24, 2.45) is 0 Å². The number of nitrogens with one attached hydrogen (secondary N) is 2. The minimum atomic E-state index is -1.13. The van der Waals surface area contributed by atoms with Crippen molar-refractivity contribution in [1.82, 2.24) is 15.3 Å². The second kappa shape index (κ2) is 9.59. The summed E-state index contributed by atoms with van der Waals surface area (Å²) in [5.41, 5.74) is 3.36. The highest BCUT2D eigenvalue weighted by molar-refractivity contribution is 6.09. The van der Waals surface area contributed by atoms with E-state index in [1.54, 1.807) is 6.07 Å². The van der Waals surface area contributed by atoms with E-state index < -0.39 is 24.6 Å². The third kappa shape index (κ3) is 4.61. The fourth-order valence-corrected chi connectivity index (χ4v) is 3.59. The molecular weight excluding hydrogens is 410 g/mol. The number of fused-ring (bicyclic) bond motifs is 3. The lowest BCUT2D eigenvalue weighted by atomic mass is 10.1. The number of carboxylic acid groups (broad SMARTS) is 1. The van der Waals surface area contributed by atoms with Crippen molar-refractivity contribution >= 4 is 33.7 Å². The lowest BCUT2D eigenvalue weighted by Crippen LogP contribution is -2.40. The van der Waals surface area contributed by atoms with Crippen molar-refractivity contribution in [2.75, 3.05) is 13.2 Å². The van der Waals surface area contributed by atoms with Crippen LogP contribution < -0.4 is 5.32 Å². The van der Waals surface area contributed by atoms with Gasteiger partial charge in [0.15, 0.2) is 0 Å². The van der Waals surface area contributed by atoms with E-state index >= 15 is 0 Å². The molecule has 0 radical (unpaired) electrons. The highest BCUT2D eigenvalue weighted by Gasteiger charge is 2.19. The lowest BCUT2D eigenvalue weighted by molar-refractivity contribution is -0.140. The fraction of sp³-hybridized carbons (Fsp3) is 0.208. The number of carboxylic acids is 1. The highest BCUT2D eigenvalue weighted by Crippen LogP contribution is 2.28. The van der Waals surface area contributed by atoms with E-state index in [0.29, 0.717) is 12.1 Å². The van der Waals surface area contributed by atoms with Crippen LogP contribution in [0.1, 0.15) is 21.7 Å². The molecule has 2 heterocycles. The number of esters is 1. The molecule has 0 saturated heterocycles. The molecule has 8 heteroatoms. The van der Waals surface area contributed by atoms with Gasteiger partial charge >= 0.3 is 11.9 Å². The summed E-state index contributed by atoms with van der Waals surface area (Å²) in [6.45, 7) is -0.116. The van der Waals surface area contributed by atoms with Gasteiger partial charge in [0.05, 0.1) is 17.8 Å². The summed E-state index contributed by atoms with van der Waals surface area (Å²) in [7, 11) is 0. The summed E-state index contributed by atoms with van der Waals surface area (Å²) in [4.78, 5) is 31.8. The predicted octanol–water partition coefficient (Wildman–Crippen LogP) is 2.65. The van der Waals surface area contributed by atoms with Crippen LogP contribution in [-0.4, -0.2) is 51.3 Å². The van der Waals surface area contributed by atoms with Gasteiger partial charge in [-0.2, -0.15) is 0 Å². The Labute approximate surface area is 183 Å². The summed E-state index contributed by atoms with van der Waals surface area (Å²) in [5.74, 6) is -1.66. The monoisotopic (exact) mass is 433 g/mol. The minimum absolute atomic E-state index is 0.140. The molecule has 0 aliphatic heterocycles. The van der Waals surface area contributed by atoms with E-state index in [4.69, 9.17) is 9.84 Å². The summed E-state index contributed by atoms with van der Waals surface area (Å²) >= 11 is 0. The number of aliphatic hydroxyl groups is 1. The van der Waals surface area contributed by atoms with E-state index in [1.807, 2.05) is 54.6 Å². The maximum atomic E-state index is 12.8. The number of para-hydroxylation sites is 1. The standard InChI is InChI=1S/C24H23N3O5/c28-13-21(23(29)30)25-11-10-19-22-17(16-8-4-5-9-18(16)27-22)12-20(26-19)24(31)32-14-15-6-2-1-3-7-15/h1-9,12,21,25,27-28H,10-11,13-14H2,(H,29,30)/t21-/m1/s1. The summed E-state index contributed by atoms with van der Waals surface area (Å²) < 4.78 is 5.46. The van der Waals surface area contributed by atoms with Gasteiger partial charge in [-0.1, -0.05) is 48.5 Å². The molecule has 2 aromatic carbocycles. The minimum Gasteiger partial charge on any atom is -0.480 e. The molecule has 164 valence electrons. The van der Waals surface area contributed by atoms with Gasteiger partial charge in [0, 0.05) is 29.3 Å². The Balaban J connectivity index is 1.63. The number of hydrogen-bond donors (Lipinski definition) is 4. The molecule has 4 N–H and O–H groups in total. The molecule has 8 nitrogen and oxygen atoms in total. The molecule has 32 heavy (non-hydrogen) atoms. The van der Waals surface area contributed by atoms with Crippen molar-refractivity contribution in [3.05, 3.63) is 77.6 Å². The van der Waals surface area contributed by atoms with Gasteiger partial charge in [-0.25, -0.2) is 9.78 Å². The molecule has 1 atom stereocenters. The first-order valence-corrected chi connectivity index (χ1v) is 10.2. The number of hydrogen-bond acceptors (Lipinski definition) is 6. The maximum Gasteiger partial charge on any atom is 0.357 e. The quantitative estimate of drug-likeness (QED) is 0.299. The molecule has 0 amide bonds. The molecular formula is C24H23N3O5. The second-order valence-corrected chi connectivity index (χ2v) is 7.39. The first-order valence-electron chi connectivity index (χ1n) is 10.2. The highest BCUT2D eigenvalue weighted by atomic mass is 16.5. The van der Waals surface area contributed by atoms with Crippen molar-refractivity contribution in [3.8, 4) is 0 Å². The van der Waals surface area contributed by atoms with Crippen molar-refractivity contribution < 1.29 is 24.5 Å². The van der Waals surface area contributed by atoms with Crippen LogP contribution in [0.15, 0.2) is 60.7 Å². The average molecular weight is 433 g/mol. The first-order chi connectivity index (χ1) is 15.6. The molecule has 0 fully saturated rings. The van der Waals surface area contributed by atoms with E-state index in [2.05, 4.69) is 15.3 Å². The molecule has 0 aliphatic rings. The largest absolute Gasteiger partial charge is 0.480 e. The average Bonchev–Trinajstić information content (AvgIpc) is 3.19. The Kier molecular flexibility index (Phi) is 6.44. The van der Waals surface area contributed by atoms with Crippen molar-refractivity contribution in [2.45, 2.75) is 19.1 Å². The number of aliphatic hydroxyl groups excluding tert-OH is 1. The van der Waals surface area contributed by atoms with Crippen LogP contribution in [0.2, 0.25) is 0 Å². The number of H-pyrrole nitrogens is 1. The third-order valence-electron chi connectivity index (χ3n) is 5.23. The smallest absolute Gasteiger partial charge is 0.357 e.